The van der Waals surface area contributed by atoms with Gasteiger partial charge in [-0.25, -0.2) is 4.79 Å². The van der Waals surface area contributed by atoms with Crippen molar-refractivity contribution in [3.63, 3.8) is 0 Å². The number of carbonyl (C=O) groups is 3. The topological polar surface area (TPSA) is 94.8 Å². The quantitative estimate of drug-likeness (QED) is 0.383. The number of halogens is 4. The van der Waals surface area contributed by atoms with Gasteiger partial charge in [-0.3, -0.25) is 9.59 Å². The molecule has 0 bridgehead atoms. The molecular weight excluding hydrogens is 455 g/mol. The Kier molecular flexibility index (Phi) is 6.84. The van der Waals surface area contributed by atoms with Gasteiger partial charge in [0.05, 0.1) is 10.6 Å². The number of anilines is 1. The number of benzene rings is 2. The van der Waals surface area contributed by atoms with Crippen LogP contribution in [0.2, 0.25) is 5.02 Å². The van der Waals surface area contributed by atoms with E-state index in [4.69, 9.17) is 20.8 Å². The average molecular weight is 468 g/mol. The summed E-state index contributed by atoms with van der Waals surface area (Å²) in [6.45, 7) is -0.670. The second-order valence-electron chi connectivity index (χ2n) is 6.21. The van der Waals surface area contributed by atoms with Gasteiger partial charge in [0.2, 0.25) is 0 Å². The van der Waals surface area contributed by atoms with E-state index in [2.05, 4.69) is 10.1 Å². The van der Waals surface area contributed by atoms with Gasteiger partial charge >= 0.3 is 12.3 Å². The molecule has 1 aromatic heterocycles. The smallest absolute Gasteiger partial charge is 0.453 e. The highest BCUT2D eigenvalue weighted by Gasteiger charge is 2.31. The fraction of sp³-hybridized carbons (Fsp3) is 0.0952. The van der Waals surface area contributed by atoms with Crippen LogP contribution in [0.1, 0.15) is 20.9 Å². The Morgan fingerprint density at radius 2 is 1.78 bits per heavy atom. The molecule has 7 nitrogen and oxygen atoms in total. The van der Waals surface area contributed by atoms with E-state index in [1.54, 1.807) is 12.1 Å². The van der Waals surface area contributed by atoms with Crippen LogP contribution in [0.5, 0.6) is 5.75 Å². The Hall–Kier alpha value is -3.79. The fourth-order valence-corrected chi connectivity index (χ4v) is 2.75. The Labute approximate surface area is 183 Å². The van der Waals surface area contributed by atoms with Crippen molar-refractivity contribution in [2.45, 2.75) is 6.36 Å². The van der Waals surface area contributed by atoms with Crippen LogP contribution in [0.15, 0.2) is 59.0 Å². The van der Waals surface area contributed by atoms with E-state index in [9.17, 15) is 27.6 Å². The second-order valence-corrected chi connectivity index (χ2v) is 6.62. The van der Waals surface area contributed by atoms with Crippen LogP contribution in [0, 0.1) is 0 Å². The molecule has 32 heavy (non-hydrogen) atoms. The van der Waals surface area contributed by atoms with Crippen molar-refractivity contribution in [2.75, 3.05) is 11.9 Å². The minimum Gasteiger partial charge on any atom is -0.453 e. The first-order chi connectivity index (χ1) is 15.1. The van der Waals surface area contributed by atoms with Gasteiger partial charge in [0.25, 0.3) is 5.91 Å². The van der Waals surface area contributed by atoms with Crippen molar-refractivity contribution in [2.24, 2.45) is 0 Å². The normalized spacial score (nSPS) is 11.0. The summed E-state index contributed by atoms with van der Waals surface area (Å²) in [6, 6.07) is 11.8. The van der Waals surface area contributed by atoms with E-state index in [0.717, 1.165) is 12.1 Å². The van der Waals surface area contributed by atoms with E-state index in [1.165, 1.54) is 30.3 Å². The van der Waals surface area contributed by atoms with E-state index in [-0.39, 0.29) is 22.0 Å². The maximum Gasteiger partial charge on any atom is 0.573 e. The summed E-state index contributed by atoms with van der Waals surface area (Å²) in [5.74, 6) is -1.63. The largest absolute Gasteiger partial charge is 0.573 e. The maximum absolute atomic E-state index is 12.3. The third kappa shape index (κ3) is 6.11. The van der Waals surface area contributed by atoms with Crippen molar-refractivity contribution >= 4 is 35.5 Å². The molecule has 2 aromatic carbocycles. The number of ether oxygens (including phenoxy) is 2. The van der Waals surface area contributed by atoms with Crippen molar-refractivity contribution in [1.82, 2.24) is 0 Å². The van der Waals surface area contributed by atoms with Gasteiger partial charge in [0.15, 0.2) is 18.7 Å². The average Bonchev–Trinajstić information content (AvgIpc) is 3.22. The summed E-state index contributed by atoms with van der Waals surface area (Å²) < 4.78 is 50.5. The molecule has 1 heterocycles. The zero-order valence-corrected chi connectivity index (χ0v) is 16.7. The summed E-state index contributed by atoms with van der Waals surface area (Å²) in [5.41, 5.74) is 0.596. The zero-order chi connectivity index (χ0) is 23.3. The number of rotatable bonds is 7. The van der Waals surface area contributed by atoms with Crippen LogP contribution in [0.3, 0.4) is 0 Å². The lowest BCUT2D eigenvalue weighted by molar-refractivity contribution is -0.274. The van der Waals surface area contributed by atoms with Crippen molar-refractivity contribution in [1.29, 1.82) is 0 Å². The Morgan fingerprint density at radius 3 is 2.41 bits per heavy atom. The number of hydrogen-bond acceptors (Lipinski definition) is 6. The molecule has 0 unspecified atom stereocenters. The minimum absolute atomic E-state index is 0.0327. The van der Waals surface area contributed by atoms with Gasteiger partial charge in [-0.1, -0.05) is 11.6 Å². The minimum atomic E-state index is -4.83. The molecule has 0 saturated carbocycles. The predicted octanol–water partition coefficient (Wildman–Crippen LogP) is 5.11. The molecule has 166 valence electrons. The van der Waals surface area contributed by atoms with E-state index in [1.807, 2.05) is 0 Å². The summed E-state index contributed by atoms with van der Waals surface area (Å²) in [6.07, 6.45) is -4.30. The lowest BCUT2D eigenvalue weighted by Crippen LogP contribution is -2.21. The molecule has 0 radical (unpaired) electrons. The van der Waals surface area contributed by atoms with Crippen LogP contribution in [-0.2, 0) is 9.53 Å². The zero-order valence-electron chi connectivity index (χ0n) is 15.9. The van der Waals surface area contributed by atoms with Gasteiger partial charge in [0, 0.05) is 11.3 Å². The lowest BCUT2D eigenvalue weighted by atomic mass is 10.1. The van der Waals surface area contributed by atoms with E-state index in [0.29, 0.717) is 17.6 Å². The monoisotopic (exact) mass is 467 g/mol. The summed E-state index contributed by atoms with van der Waals surface area (Å²) in [5, 5.41) is 2.44. The first-order valence-corrected chi connectivity index (χ1v) is 9.20. The summed E-state index contributed by atoms with van der Waals surface area (Å²) >= 11 is 6.04. The number of furan rings is 1. The highest BCUT2D eigenvalue weighted by Crippen LogP contribution is 2.27. The SMILES string of the molecule is O=Cc1ccc(-c2ccc(Cl)c(C(=O)OCC(=O)Nc3ccc(OC(F)(F)F)cc3)c2)o1. The van der Waals surface area contributed by atoms with Crippen molar-refractivity contribution in [3.05, 3.63) is 70.9 Å². The molecule has 0 aliphatic rings. The molecule has 3 rings (SSSR count). The number of nitrogens with one attached hydrogen (secondary N) is 1. The van der Waals surface area contributed by atoms with E-state index < -0.39 is 30.6 Å². The third-order valence-electron chi connectivity index (χ3n) is 3.92. The van der Waals surface area contributed by atoms with Gasteiger partial charge < -0.3 is 19.2 Å². The molecule has 0 atom stereocenters. The van der Waals surface area contributed by atoms with Crippen LogP contribution in [0.25, 0.3) is 11.3 Å². The number of amides is 1. The lowest BCUT2D eigenvalue weighted by Gasteiger charge is -2.10. The number of esters is 1. The van der Waals surface area contributed by atoms with E-state index >= 15 is 0 Å². The molecule has 1 amide bonds. The van der Waals surface area contributed by atoms with Crippen LogP contribution >= 0.6 is 11.6 Å². The molecule has 0 spiro atoms. The molecule has 11 heteroatoms. The first-order valence-electron chi connectivity index (χ1n) is 8.82. The van der Waals surface area contributed by atoms with Gasteiger partial charge in [-0.15, -0.1) is 13.2 Å². The van der Waals surface area contributed by atoms with Crippen LogP contribution < -0.4 is 10.1 Å². The molecule has 3 aromatic rings. The standard InChI is InChI=1S/C21H13ClF3NO6/c22-17-7-1-12(18-8-6-15(10-27)31-18)9-16(17)20(29)30-11-19(28)26-13-2-4-14(5-3-13)32-21(23,24)25/h1-10H,11H2,(H,26,28). The number of carbonyl (C=O) groups excluding carboxylic acids is 3. The van der Waals surface area contributed by atoms with Crippen LogP contribution in [-0.4, -0.2) is 31.1 Å². The molecule has 1 N–H and O–H groups in total. The van der Waals surface area contributed by atoms with Crippen molar-refractivity contribution in [3.8, 4) is 17.1 Å². The van der Waals surface area contributed by atoms with Crippen molar-refractivity contribution < 1.29 is 41.4 Å². The number of alkyl halides is 3. The summed E-state index contributed by atoms with van der Waals surface area (Å²) in [7, 11) is 0. The predicted molar refractivity (Wildman–Crippen MR) is 107 cm³/mol. The molecular formula is C21H13ClF3NO6. The van der Waals surface area contributed by atoms with Crippen LogP contribution in [0.4, 0.5) is 18.9 Å². The van der Waals surface area contributed by atoms with Gasteiger partial charge in [-0.2, -0.15) is 0 Å². The third-order valence-corrected chi connectivity index (χ3v) is 4.25. The molecule has 0 aliphatic carbocycles. The Bertz CT molecular complexity index is 1140. The molecule has 0 fully saturated rings. The summed E-state index contributed by atoms with van der Waals surface area (Å²) in [4.78, 5) is 35.1. The number of hydrogen-bond donors (Lipinski definition) is 1. The first kappa shape index (κ1) is 22.9. The highest BCUT2D eigenvalue weighted by molar-refractivity contribution is 6.33. The van der Waals surface area contributed by atoms with Gasteiger partial charge in [0.1, 0.15) is 11.5 Å². The Balaban J connectivity index is 1.59. The Morgan fingerprint density at radius 1 is 1.06 bits per heavy atom. The molecule has 0 aliphatic heterocycles. The maximum atomic E-state index is 12.3. The fourth-order valence-electron chi connectivity index (χ4n) is 2.55. The van der Waals surface area contributed by atoms with Gasteiger partial charge in [-0.05, 0) is 54.6 Å². The number of aldehydes is 1. The highest BCUT2D eigenvalue weighted by atomic mass is 35.5. The molecule has 0 saturated heterocycles. The second kappa shape index (κ2) is 9.56.